The highest BCUT2D eigenvalue weighted by molar-refractivity contribution is 5.79. The average molecular weight is 380 g/mol. The number of rotatable bonds is 6. The molecule has 3 aromatic rings. The molecular formula is C22H26N3O3+. The Balaban J connectivity index is 1.67. The molecule has 0 radical (unpaired) electrons. The van der Waals surface area contributed by atoms with Crippen molar-refractivity contribution in [3.8, 4) is 17.1 Å². The van der Waals surface area contributed by atoms with Gasteiger partial charge in [-0.25, -0.2) is 4.98 Å². The van der Waals surface area contributed by atoms with Crippen molar-refractivity contribution >= 4 is 10.9 Å². The van der Waals surface area contributed by atoms with Crippen LogP contribution in [0.2, 0.25) is 0 Å². The minimum atomic E-state index is 0.0217. The van der Waals surface area contributed by atoms with Crippen molar-refractivity contribution in [3.05, 3.63) is 58.9 Å². The predicted molar refractivity (Wildman–Crippen MR) is 109 cm³/mol. The first kappa shape index (κ1) is 18.7. The molecule has 1 saturated heterocycles. The molecular weight excluding hydrogens is 354 g/mol. The number of fused-ring (bicyclic) bond motifs is 1. The first-order valence-corrected chi connectivity index (χ1v) is 9.81. The number of morpholine rings is 1. The molecule has 2 aromatic carbocycles. The van der Waals surface area contributed by atoms with Gasteiger partial charge in [0.1, 0.15) is 24.7 Å². The van der Waals surface area contributed by atoms with Gasteiger partial charge in [0, 0.05) is 18.5 Å². The summed E-state index contributed by atoms with van der Waals surface area (Å²) >= 11 is 0. The molecule has 0 bridgehead atoms. The molecule has 0 saturated carbocycles. The Morgan fingerprint density at radius 2 is 1.86 bits per heavy atom. The lowest BCUT2D eigenvalue weighted by atomic mass is 10.1. The van der Waals surface area contributed by atoms with Gasteiger partial charge in [0.15, 0.2) is 0 Å². The smallest absolute Gasteiger partial charge is 0.261 e. The molecule has 4 rings (SSSR count). The number of quaternary nitrogens is 1. The monoisotopic (exact) mass is 380 g/mol. The Bertz CT molecular complexity index is 992. The molecule has 2 heterocycles. The largest absolute Gasteiger partial charge is 0.497 e. The van der Waals surface area contributed by atoms with Gasteiger partial charge in [-0.1, -0.05) is 12.1 Å². The van der Waals surface area contributed by atoms with Crippen molar-refractivity contribution in [2.45, 2.75) is 13.0 Å². The second kappa shape index (κ2) is 8.54. The summed E-state index contributed by atoms with van der Waals surface area (Å²) in [7, 11) is 1.65. The van der Waals surface area contributed by atoms with Crippen LogP contribution in [0.15, 0.2) is 53.3 Å². The third-order valence-electron chi connectivity index (χ3n) is 5.32. The van der Waals surface area contributed by atoms with Crippen LogP contribution in [0.25, 0.3) is 22.3 Å². The van der Waals surface area contributed by atoms with Crippen molar-refractivity contribution in [1.82, 2.24) is 9.55 Å². The van der Waals surface area contributed by atoms with Gasteiger partial charge in [0.25, 0.3) is 5.56 Å². The van der Waals surface area contributed by atoms with Crippen LogP contribution in [-0.4, -0.2) is 49.5 Å². The Hall–Kier alpha value is -2.70. The average Bonchev–Trinajstić information content (AvgIpc) is 2.76. The highest BCUT2D eigenvalue weighted by atomic mass is 16.5. The predicted octanol–water partition coefficient (Wildman–Crippen LogP) is 1.38. The zero-order valence-corrected chi connectivity index (χ0v) is 16.2. The van der Waals surface area contributed by atoms with E-state index in [0.717, 1.165) is 56.1 Å². The van der Waals surface area contributed by atoms with Gasteiger partial charge < -0.3 is 14.4 Å². The third-order valence-corrected chi connectivity index (χ3v) is 5.32. The SMILES string of the molecule is COc1ccc(-c2nc3ccccc3c(=O)n2CCC[NH+]2CCOCC2)cc1. The van der Waals surface area contributed by atoms with Crippen molar-refractivity contribution in [3.63, 3.8) is 0 Å². The number of ether oxygens (including phenoxy) is 2. The molecule has 1 aliphatic heterocycles. The molecule has 146 valence electrons. The first-order valence-electron chi connectivity index (χ1n) is 9.81. The number of para-hydroxylation sites is 1. The molecule has 6 heteroatoms. The van der Waals surface area contributed by atoms with Crippen LogP contribution in [-0.2, 0) is 11.3 Å². The minimum absolute atomic E-state index is 0.0217. The quantitative estimate of drug-likeness (QED) is 0.702. The molecule has 1 fully saturated rings. The molecule has 1 aliphatic rings. The Labute approximate surface area is 164 Å². The summed E-state index contributed by atoms with van der Waals surface area (Å²) in [6, 6.07) is 15.3. The summed E-state index contributed by atoms with van der Waals surface area (Å²) in [4.78, 5) is 19.6. The summed E-state index contributed by atoms with van der Waals surface area (Å²) in [5, 5.41) is 0.665. The lowest BCUT2D eigenvalue weighted by Gasteiger charge is -2.24. The lowest BCUT2D eigenvalue weighted by molar-refractivity contribution is -0.908. The fourth-order valence-electron chi connectivity index (χ4n) is 3.73. The Morgan fingerprint density at radius 1 is 1.11 bits per heavy atom. The zero-order valence-electron chi connectivity index (χ0n) is 16.2. The molecule has 0 amide bonds. The van der Waals surface area contributed by atoms with E-state index in [9.17, 15) is 4.79 Å². The summed E-state index contributed by atoms with van der Waals surface area (Å²) in [5.74, 6) is 1.50. The maximum absolute atomic E-state index is 13.2. The van der Waals surface area contributed by atoms with Gasteiger partial charge in [-0.2, -0.15) is 0 Å². The second-order valence-electron chi connectivity index (χ2n) is 7.10. The van der Waals surface area contributed by atoms with Crippen LogP contribution < -0.4 is 15.2 Å². The van der Waals surface area contributed by atoms with Gasteiger partial charge in [-0.05, 0) is 36.4 Å². The summed E-state index contributed by atoms with van der Waals surface area (Å²) in [6.07, 6.45) is 0.929. The van der Waals surface area contributed by atoms with Crippen LogP contribution in [0.1, 0.15) is 6.42 Å². The number of nitrogens with one attached hydrogen (secondary N) is 1. The highest BCUT2D eigenvalue weighted by Crippen LogP contribution is 2.22. The van der Waals surface area contributed by atoms with Gasteiger partial charge in [-0.3, -0.25) is 9.36 Å². The Kier molecular flexibility index (Phi) is 5.69. The molecule has 0 unspecified atom stereocenters. The van der Waals surface area contributed by atoms with Crippen LogP contribution in [0.4, 0.5) is 0 Å². The van der Waals surface area contributed by atoms with Crippen molar-refractivity contribution in [1.29, 1.82) is 0 Å². The van der Waals surface area contributed by atoms with Gasteiger partial charge in [-0.15, -0.1) is 0 Å². The number of aromatic nitrogens is 2. The fourth-order valence-corrected chi connectivity index (χ4v) is 3.73. The van der Waals surface area contributed by atoms with Crippen molar-refractivity contribution in [2.75, 3.05) is 40.0 Å². The molecule has 1 N–H and O–H groups in total. The zero-order chi connectivity index (χ0) is 19.3. The van der Waals surface area contributed by atoms with E-state index in [1.54, 1.807) is 12.0 Å². The van der Waals surface area contributed by atoms with Crippen molar-refractivity contribution in [2.24, 2.45) is 0 Å². The van der Waals surface area contributed by atoms with Crippen LogP contribution in [0.5, 0.6) is 5.75 Å². The standard InChI is InChI=1S/C22H25N3O3/c1-27-18-9-7-17(8-10-18)21-23-20-6-3-2-5-19(20)22(26)25(21)12-4-11-24-13-15-28-16-14-24/h2-3,5-10H,4,11-16H2,1H3/p+1. The molecule has 1 aromatic heterocycles. The normalized spacial score (nSPS) is 15.0. The number of hydrogen-bond acceptors (Lipinski definition) is 4. The van der Waals surface area contributed by atoms with Crippen LogP contribution in [0.3, 0.4) is 0 Å². The topological polar surface area (TPSA) is 57.8 Å². The molecule has 0 aliphatic carbocycles. The van der Waals surface area contributed by atoms with E-state index in [2.05, 4.69) is 0 Å². The molecule has 0 spiro atoms. The van der Waals surface area contributed by atoms with Crippen molar-refractivity contribution < 1.29 is 14.4 Å². The third kappa shape index (κ3) is 3.93. The van der Waals surface area contributed by atoms with Crippen LogP contribution in [0, 0.1) is 0 Å². The molecule has 0 atom stereocenters. The number of hydrogen-bond donors (Lipinski definition) is 1. The number of benzene rings is 2. The fraction of sp³-hybridized carbons (Fsp3) is 0.364. The summed E-state index contributed by atoms with van der Waals surface area (Å²) < 4.78 is 12.5. The molecule has 6 nitrogen and oxygen atoms in total. The van der Waals surface area contributed by atoms with E-state index in [-0.39, 0.29) is 5.56 Å². The maximum Gasteiger partial charge on any atom is 0.261 e. The Morgan fingerprint density at radius 3 is 2.61 bits per heavy atom. The summed E-state index contributed by atoms with van der Waals surface area (Å²) in [5.41, 5.74) is 1.67. The van der Waals surface area contributed by atoms with E-state index >= 15 is 0 Å². The molecule has 28 heavy (non-hydrogen) atoms. The second-order valence-corrected chi connectivity index (χ2v) is 7.10. The highest BCUT2D eigenvalue weighted by Gasteiger charge is 2.16. The maximum atomic E-state index is 13.2. The number of methoxy groups -OCH3 is 1. The number of nitrogens with zero attached hydrogens (tertiary/aromatic N) is 2. The van der Waals surface area contributed by atoms with Gasteiger partial charge >= 0.3 is 0 Å². The van der Waals surface area contributed by atoms with E-state index in [0.29, 0.717) is 17.8 Å². The van der Waals surface area contributed by atoms with E-state index in [1.165, 1.54) is 0 Å². The van der Waals surface area contributed by atoms with Crippen LogP contribution >= 0.6 is 0 Å². The first-order chi connectivity index (χ1) is 13.8. The van der Waals surface area contributed by atoms with Gasteiger partial charge in [0.2, 0.25) is 0 Å². The lowest BCUT2D eigenvalue weighted by Crippen LogP contribution is -3.14. The van der Waals surface area contributed by atoms with E-state index in [4.69, 9.17) is 14.5 Å². The minimum Gasteiger partial charge on any atom is -0.497 e. The summed E-state index contributed by atoms with van der Waals surface area (Å²) in [6.45, 7) is 5.41. The van der Waals surface area contributed by atoms with E-state index in [1.807, 2.05) is 53.1 Å². The van der Waals surface area contributed by atoms with Gasteiger partial charge in [0.05, 0.1) is 37.8 Å². The van der Waals surface area contributed by atoms with E-state index < -0.39 is 0 Å².